The van der Waals surface area contributed by atoms with Gasteiger partial charge in [0.2, 0.25) is 11.8 Å². The van der Waals surface area contributed by atoms with E-state index in [9.17, 15) is 9.59 Å². The highest BCUT2D eigenvalue weighted by Crippen LogP contribution is 2.26. The van der Waals surface area contributed by atoms with Gasteiger partial charge < -0.3 is 10.6 Å². The number of amides is 2. The summed E-state index contributed by atoms with van der Waals surface area (Å²) in [5.41, 5.74) is 2.68. The van der Waals surface area contributed by atoms with E-state index in [1.54, 1.807) is 12.4 Å². The number of hydrogen-bond donors (Lipinski definition) is 2. The lowest BCUT2D eigenvalue weighted by molar-refractivity contribution is -0.120. The number of thiazole rings is 1. The Hall–Kier alpha value is -2.80. The van der Waals surface area contributed by atoms with Gasteiger partial charge >= 0.3 is 0 Å². The fraction of sp³-hybridized carbons (Fsp3) is 0.176. The average molecular weight is 340 g/mol. The van der Waals surface area contributed by atoms with E-state index in [1.165, 1.54) is 18.3 Å². The molecule has 1 aromatic carbocycles. The number of nitrogens with one attached hydrogen (secondary N) is 2. The molecule has 0 aliphatic carbocycles. The first kappa shape index (κ1) is 16.1. The highest BCUT2D eigenvalue weighted by Gasteiger charge is 2.08. The number of anilines is 1. The molecule has 3 aromatic rings. The maximum atomic E-state index is 12.1. The van der Waals surface area contributed by atoms with Crippen molar-refractivity contribution in [2.75, 3.05) is 5.32 Å². The van der Waals surface area contributed by atoms with Crippen molar-refractivity contribution in [2.24, 2.45) is 0 Å². The third kappa shape index (κ3) is 4.14. The van der Waals surface area contributed by atoms with Crippen molar-refractivity contribution >= 4 is 38.5 Å². The van der Waals surface area contributed by atoms with Crippen molar-refractivity contribution in [1.82, 2.24) is 15.3 Å². The molecule has 0 radical (unpaired) electrons. The van der Waals surface area contributed by atoms with E-state index < -0.39 is 0 Å². The first-order valence-corrected chi connectivity index (χ1v) is 8.24. The minimum absolute atomic E-state index is 0.0511. The van der Waals surface area contributed by atoms with Gasteiger partial charge in [-0.25, -0.2) is 4.98 Å². The molecule has 0 aliphatic rings. The van der Waals surface area contributed by atoms with Gasteiger partial charge in [-0.05, 0) is 29.3 Å². The van der Waals surface area contributed by atoms with Crippen LogP contribution in [0, 0.1) is 0 Å². The SMILES string of the molecule is CC(=O)Nc1nc2ccc(CC(=O)NCc3cccnc3)cc2s1. The first-order valence-electron chi connectivity index (χ1n) is 7.43. The molecule has 0 bridgehead atoms. The minimum Gasteiger partial charge on any atom is -0.352 e. The maximum absolute atomic E-state index is 12.1. The first-order chi connectivity index (χ1) is 11.6. The Labute approximate surface area is 142 Å². The molecule has 0 spiro atoms. The Kier molecular flexibility index (Phi) is 4.81. The third-order valence-corrected chi connectivity index (χ3v) is 4.25. The zero-order chi connectivity index (χ0) is 16.9. The van der Waals surface area contributed by atoms with Gasteiger partial charge in [0.1, 0.15) is 0 Å². The van der Waals surface area contributed by atoms with Crippen LogP contribution in [0.4, 0.5) is 5.13 Å². The monoisotopic (exact) mass is 340 g/mol. The summed E-state index contributed by atoms with van der Waals surface area (Å²) in [6, 6.07) is 9.43. The molecule has 3 rings (SSSR count). The lowest BCUT2D eigenvalue weighted by atomic mass is 10.1. The van der Waals surface area contributed by atoms with Gasteiger partial charge in [0.15, 0.2) is 5.13 Å². The quantitative estimate of drug-likeness (QED) is 0.747. The Morgan fingerprint density at radius 3 is 2.83 bits per heavy atom. The Morgan fingerprint density at radius 2 is 2.08 bits per heavy atom. The van der Waals surface area contributed by atoms with E-state index in [0.717, 1.165) is 21.3 Å². The number of rotatable bonds is 5. The summed E-state index contributed by atoms with van der Waals surface area (Å²) in [6.45, 7) is 1.91. The number of nitrogens with zero attached hydrogens (tertiary/aromatic N) is 2. The number of fused-ring (bicyclic) bond motifs is 1. The van der Waals surface area contributed by atoms with Crippen molar-refractivity contribution in [1.29, 1.82) is 0 Å². The van der Waals surface area contributed by atoms with Crippen LogP contribution >= 0.6 is 11.3 Å². The van der Waals surface area contributed by atoms with E-state index in [-0.39, 0.29) is 11.8 Å². The molecule has 2 N–H and O–H groups in total. The van der Waals surface area contributed by atoms with E-state index >= 15 is 0 Å². The zero-order valence-corrected chi connectivity index (χ0v) is 13.9. The van der Waals surface area contributed by atoms with Crippen LogP contribution in [0.3, 0.4) is 0 Å². The van der Waals surface area contributed by atoms with Crippen molar-refractivity contribution in [3.8, 4) is 0 Å². The molecule has 0 aliphatic heterocycles. The zero-order valence-electron chi connectivity index (χ0n) is 13.1. The molecule has 2 heterocycles. The van der Waals surface area contributed by atoms with Crippen LogP contribution in [0.25, 0.3) is 10.2 Å². The number of hydrogen-bond acceptors (Lipinski definition) is 5. The highest BCUT2D eigenvalue weighted by atomic mass is 32.1. The summed E-state index contributed by atoms with van der Waals surface area (Å²) in [5.74, 6) is -0.200. The van der Waals surface area contributed by atoms with Crippen LogP contribution in [0.5, 0.6) is 0 Å². The molecule has 0 saturated heterocycles. The van der Waals surface area contributed by atoms with E-state index in [0.29, 0.717) is 18.1 Å². The molecule has 6 nitrogen and oxygen atoms in total. The molecule has 24 heavy (non-hydrogen) atoms. The molecular weight excluding hydrogens is 324 g/mol. The minimum atomic E-state index is -0.149. The fourth-order valence-electron chi connectivity index (χ4n) is 2.23. The van der Waals surface area contributed by atoms with Crippen molar-refractivity contribution in [2.45, 2.75) is 19.9 Å². The van der Waals surface area contributed by atoms with E-state index in [1.807, 2.05) is 30.3 Å². The summed E-state index contributed by atoms with van der Waals surface area (Å²) in [5, 5.41) is 6.12. The Balaban J connectivity index is 1.64. The summed E-state index contributed by atoms with van der Waals surface area (Å²) in [7, 11) is 0. The van der Waals surface area contributed by atoms with Crippen LogP contribution in [0.2, 0.25) is 0 Å². The second-order valence-corrected chi connectivity index (χ2v) is 6.35. The van der Waals surface area contributed by atoms with Crippen molar-refractivity contribution in [3.05, 3.63) is 53.9 Å². The molecule has 7 heteroatoms. The molecule has 0 unspecified atom stereocenters. The number of pyridine rings is 1. The van der Waals surface area contributed by atoms with Crippen LogP contribution in [-0.2, 0) is 22.6 Å². The largest absolute Gasteiger partial charge is 0.352 e. The smallest absolute Gasteiger partial charge is 0.224 e. The van der Waals surface area contributed by atoms with Gasteiger partial charge in [-0.1, -0.05) is 23.5 Å². The molecule has 0 fully saturated rings. The summed E-state index contributed by atoms with van der Waals surface area (Å²) >= 11 is 1.39. The van der Waals surface area contributed by atoms with Gasteiger partial charge in [0.05, 0.1) is 16.6 Å². The molecule has 2 amide bonds. The Morgan fingerprint density at radius 1 is 1.21 bits per heavy atom. The van der Waals surface area contributed by atoms with Gasteiger partial charge in [-0.2, -0.15) is 0 Å². The van der Waals surface area contributed by atoms with Crippen molar-refractivity contribution < 1.29 is 9.59 Å². The maximum Gasteiger partial charge on any atom is 0.224 e. The van der Waals surface area contributed by atoms with Crippen LogP contribution in [0.1, 0.15) is 18.1 Å². The fourth-order valence-corrected chi connectivity index (χ4v) is 3.21. The summed E-state index contributed by atoms with van der Waals surface area (Å²) in [4.78, 5) is 31.5. The molecule has 0 saturated carbocycles. The van der Waals surface area contributed by atoms with Crippen LogP contribution in [-0.4, -0.2) is 21.8 Å². The second kappa shape index (κ2) is 7.18. The summed E-state index contributed by atoms with van der Waals surface area (Å²) in [6.07, 6.45) is 3.72. The van der Waals surface area contributed by atoms with Gasteiger partial charge in [-0.3, -0.25) is 14.6 Å². The third-order valence-electron chi connectivity index (χ3n) is 3.31. The number of benzene rings is 1. The van der Waals surface area contributed by atoms with Crippen LogP contribution in [0.15, 0.2) is 42.7 Å². The number of carbonyl (C=O) groups is 2. The topological polar surface area (TPSA) is 84.0 Å². The summed E-state index contributed by atoms with van der Waals surface area (Å²) < 4.78 is 0.941. The second-order valence-electron chi connectivity index (χ2n) is 5.32. The molecule has 122 valence electrons. The number of carbonyl (C=O) groups excluding carboxylic acids is 2. The highest BCUT2D eigenvalue weighted by molar-refractivity contribution is 7.22. The standard InChI is InChI=1S/C17H16N4O2S/c1-11(22)20-17-21-14-5-4-12(7-15(14)24-17)8-16(23)19-10-13-3-2-6-18-9-13/h2-7,9H,8,10H2,1H3,(H,19,23)(H,20,21,22). The molecule has 2 aromatic heterocycles. The van der Waals surface area contributed by atoms with E-state index in [2.05, 4.69) is 20.6 Å². The van der Waals surface area contributed by atoms with Crippen molar-refractivity contribution in [3.63, 3.8) is 0 Å². The number of aromatic nitrogens is 2. The lowest BCUT2D eigenvalue weighted by Crippen LogP contribution is -2.24. The lowest BCUT2D eigenvalue weighted by Gasteiger charge is -2.05. The Bertz CT molecular complexity index is 877. The van der Waals surface area contributed by atoms with E-state index in [4.69, 9.17) is 0 Å². The predicted octanol–water partition coefficient (Wildman–Crippen LogP) is 2.51. The van der Waals surface area contributed by atoms with Gasteiger partial charge in [0, 0.05) is 25.9 Å². The average Bonchev–Trinajstić information content (AvgIpc) is 2.94. The predicted molar refractivity (Wildman–Crippen MR) is 93.7 cm³/mol. The van der Waals surface area contributed by atoms with Crippen LogP contribution < -0.4 is 10.6 Å². The van der Waals surface area contributed by atoms with Gasteiger partial charge in [0.25, 0.3) is 0 Å². The normalized spacial score (nSPS) is 10.5. The molecule has 0 atom stereocenters. The molecular formula is C17H16N4O2S. The van der Waals surface area contributed by atoms with Gasteiger partial charge in [-0.15, -0.1) is 0 Å².